The van der Waals surface area contributed by atoms with Crippen molar-refractivity contribution in [2.45, 2.75) is 6.92 Å². The lowest BCUT2D eigenvalue weighted by Gasteiger charge is -2.05. The number of aromatic amines is 1. The van der Waals surface area contributed by atoms with Crippen molar-refractivity contribution in [3.05, 3.63) is 59.2 Å². The van der Waals surface area contributed by atoms with Gasteiger partial charge < -0.3 is 15.4 Å². The van der Waals surface area contributed by atoms with Crippen LogP contribution in [-0.4, -0.2) is 28.1 Å². The molecule has 0 unspecified atom stereocenters. The van der Waals surface area contributed by atoms with Crippen LogP contribution in [0.3, 0.4) is 0 Å². The van der Waals surface area contributed by atoms with Gasteiger partial charge in [-0.05, 0) is 18.2 Å². The molecule has 1 aromatic heterocycles. The van der Waals surface area contributed by atoms with Crippen LogP contribution >= 0.6 is 0 Å². The molecule has 0 radical (unpaired) electrons. The second-order valence-electron chi connectivity index (χ2n) is 5.36. The Labute approximate surface area is 137 Å². The number of amides is 1. The van der Waals surface area contributed by atoms with Gasteiger partial charge in [0.2, 0.25) is 5.91 Å². The number of hydrogen-bond donors (Lipinski definition) is 3. The Kier molecular flexibility index (Phi) is 3.87. The number of H-pyrrole nitrogens is 1. The molecule has 1 heterocycles. The molecule has 6 heteroatoms. The zero-order valence-corrected chi connectivity index (χ0v) is 12.8. The third-order valence-corrected chi connectivity index (χ3v) is 3.64. The summed E-state index contributed by atoms with van der Waals surface area (Å²) in [6.45, 7) is 1.39. The van der Waals surface area contributed by atoms with E-state index in [-0.39, 0.29) is 23.1 Å². The van der Waals surface area contributed by atoms with E-state index in [4.69, 9.17) is 0 Å². The van der Waals surface area contributed by atoms with Gasteiger partial charge in [-0.15, -0.1) is 0 Å². The summed E-state index contributed by atoms with van der Waals surface area (Å²) < 4.78 is 0. The van der Waals surface area contributed by atoms with Gasteiger partial charge in [0.05, 0.1) is 5.56 Å². The summed E-state index contributed by atoms with van der Waals surface area (Å²) in [6.07, 6.45) is 0.562. The van der Waals surface area contributed by atoms with E-state index in [0.717, 1.165) is 0 Å². The molecule has 2 aromatic carbocycles. The van der Waals surface area contributed by atoms with Crippen molar-refractivity contribution in [3.8, 4) is 5.88 Å². The highest BCUT2D eigenvalue weighted by Gasteiger charge is 2.14. The molecule has 0 aliphatic rings. The molecule has 0 fully saturated rings. The van der Waals surface area contributed by atoms with Crippen LogP contribution in [0.5, 0.6) is 5.88 Å². The highest BCUT2D eigenvalue weighted by atomic mass is 16.3. The number of ketones is 1. The Morgan fingerprint density at radius 2 is 1.88 bits per heavy atom. The maximum absolute atomic E-state index is 12.6. The molecule has 0 saturated carbocycles. The van der Waals surface area contributed by atoms with Gasteiger partial charge in [-0.3, -0.25) is 14.4 Å². The van der Waals surface area contributed by atoms with Crippen molar-refractivity contribution in [1.29, 1.82) is 0 Å². The first-order valence-corrected chi connectivity index (χ1v) is 7.22. The maximum atomic E-state index is 12.6. The fraction of sp³-hybridized carbons (Fsp3) is 0.0556. The Morgan fingerprint density at radius 3 is 2.58 bits per heavy atom. The van der Waals surface area contributed by atoms with Crippen LogP contribution in [0.15, 0.2) is 42.5 Å². The standard InChI is InChI=1S/C18H14N2O4/c1-10(22)19-13-4-2-3-11(7-13)17(23)12-5-6-14-15(9-21)18(24)20-16(14)8-12/h2-9,20,24H,1H3,(H,19,22). The van der Waals surface area contributed by atoms with Crippen molar-refractivity contribution in [1.82, 2.24) is 4.98 Å². The van der Waals surface area contributed by atoms with Crippen molar-refractivity contribution in [2.75, 3.05) is 5.32 Å². The maximum Gasteiger partial charge on any atom is 0.221 e. The van der Waals surface area contributed by atoms with Gasteiger partial charge in [0.15, 0.2) is 17.9 Å². The molecule has 0 atom stereocenters. The van der Waals surface area contributed by atoms with E-state index in [9.17, 15) is 19.5 Å². The SMILES string of the molecule is CC(=O)Nc1cccc(C(=O)c2ccc3c(C=O)c(O)[nH]c3c2)c1. The molecule has 0 saturated heterocycles. The van der Waals surface area contributed by atoms with E-state index in [2.05, 4.69) is 10.3 Å². The predicted octanol–water partition coefficient (Wildman–Crippen LogP) is 2.88. The number of aldehydes is 1. The van der Waals surface area contributed by atoms with Gasteiger partial charge >= 0.3 is 0 Å². The van der Waals surface area contributed by atoms with Gasteiger partial charge in [-0.25, -0.2) is 0 Å². The first kappa shape index (κ1) is 15.5. The minimum absolute atomic E-state index is 0.164. The molecule has 0 bridgehead atoms. The molecule has 0 aliphatic heterocycles. The lowest BCUT2D eigenvalue weighted by Crippen LogP contribution is -2.07. The van der Waals surface area contributed by atoms with Crippen molar-refractivity contribution < 1.29 is 19.5 Å². The van der Waals surface area contributed by atoms with E-state index in [1.807, 2.05) is 0 Å². The number of benzene rings is 2. The Balaban J connectivity index is 1.99. The highest BCUT2D eigenvalue weighted by molar-refractivity contribution is 6.12. The first-order chi connectivity index (χ1) is 11.5. The van der Waals surface area contributed by atoms with E-state index in [1.54, 1.807) is 42.5 Å². The lowest BCUT2D eigenvalue weighted by atomic mass is 10.0. The second kappa shape index (κ2) is 6.00. The largest absolute Gasteiger partial charge is 0.494 e. The summed E-state index contributed by atoms with van der Waals surface area (Å²) in [6, 6.07) is 11.4. The summed E-state index contributed by atoms with van der Waals surface area (Å²) in [4.78, 5) is 37.4. The van der Waals surface area contributed by atoms with Gasteiger partial charge in [-0.2, -0.15) is 0 Å². The van der Waals surface area contributed by atoms with Crippen LogP contribution in [0.4, 0.5) is 5.69 Å². The van der Waals surface area contributed by atoms with E-state index in [0.29, 0.717) is 34.0 Å². The quantitative estimate of drug-likeness (QED) is 0.508. The van der Waals surface area contributed by atoms with Crippen molar-refractivity contribution in [2.24, 2.45) is 0 Å². The Hall–Kier alpha value is -3.41. The number of anilines is 1. The number of fused-ring (bicyclic) bond motifs is 1. The monoisotopic (exact) mass is 322 g/mol. The normalized spacial score (nSPS) is 10.5. The van der Waals surface area contributed by atoms with Crippen LogP contribution in [-0.2, 0) is 4.79 Å². The number of carbonyl (C=O) groups excluding carboxylic acids is 3. The average Bonchev–Trinajstić information content (AvgIpc) is 2.87. The average molecular weight is 322 g/mol. The molecular weight excluding hydrogens is 308 g/mol. The molecule has 3 N–H and O–H groups in total. The number of carbonyl (C=O) groups is 3. The number of rotatable bonds is 4. The number of hydrogen-bond acceptors (Lipinski definition) is 4. The van der Waals surface area contributed by atoms with Gasteiger partial charge in [0.25, 0.3) is 0 Å². The second-order valence-corrected chi connectivity index (χ2v) is 5.36. The number of aromatic hydroxyl groups is 1. The smallest absolute Gasteiger partial charge is 0.221 e. The first-order valence-electron chi connectivity index (χ1n) is 7.22. The molecule has 6 nitrogen and oxygen atoms in total. The summed E-state index contributed by atoms with van der Waals surface area (Å²) in [7, 11) is 0. The third-order valence-electron chi connectivity index (χ3n) is 3.64. The number of nitrogens with one attached hydrogen (secondary N) is 2. The van der Waals surface area contributed by atoms with E-state index in [1.165, 1.54) is 6.92 Å². The van der Waals surface area contributed by atoms with E-state index < -0.39 is 0 Å². The third kappa shape index (κ3) is 2.77. The lowest BCUT2D eigenvalue weighted by molar-refractivity contribution is -0.114. The van der Waals surface area contributed by atoms with Crippen molar-refractivity contribution in [3.63, 3.8) is 0 Å². The van der Waals surface area contributed by atoms with Crippen LogP contribution in [0.2, 0.25) is 0 Å². The highest BCUT2D eigenvalue weighted by Crippen LogP contribution is 2.27. The zero-order chi connectivity index (χ0) is 17.3. The van der Waals surface area contributed by atoms with Gasteiger partial charge in [0, 0.05) is 34.6 Å². The minimum Gasteiger partial charge on any atom is -0.494 e. The van der Waals surface area contributed by atoms with Crippen LogP contribution < -0.4 is 5.32 Å². The number of aromatic nitrogens is 1. The Morgan fingerprint density at radius 1 is 1.12 bits per heavy atom. The molecule has 24 heavy (non-hydrogen) atoms. The molecule has 0 spiro atoms. The Bertz CT molecular complexity index is 972. The fourth-order valence-electron chi connectivity index (χ4n) is 2.57. The molecular formula is C18H14N2O4. The summed E-state index contributed by atoms with van der Waals surface area (Å²) in [5.74, 6) is -0.674. The summed E-state index contributed by atoms with van der Waals surface area (Å²) >= 11 is 0. The van der Waals surface area contributed by atoms with Gasteiger partial charge in [-0.1, -0.05) is 24.3 Å². The molecule has 0 aliphatic carbocycles. The molecule has 1 amide bonds. The summed E-state index contributed by atoms with van der Waals surface area (Å²) in [5.41, 5.74) is 2.03. The molecule has 3 aromatic rings. The van der Waals surface area contributed by atoms with Crippen LogP contribution in [0, 0.1) is 0 Å². The summed E-state index contributed by atoms with van der Waals surface area (Å²) in [5, 5.41) is 12.9. The fourth-order valence-corrected chi connectivity index (χ4v) is 2.57. The van der Waals surface area contributed by atoms with Crippen molar-refractivity contribution >= 4 is 34.6 Å². The van der Waals surface area contributed by atoms with Gasteiger partial charge in [0.1, 0.15) is 0 Å². The van der Waals surface area contributed by atoms with Crippen LogP contribution in [0.1, 0.15) is 33.2 Å². The molecule has 120 valence electrons. The van der Waals surface area contributed by atoms with E-state index >= 15 is 0 Å². The predicted molar refractivity (Wildman–Crippen MR) is 89.5 cm³/mol. The molecule has 3 rings (SSSR count). The minimum atomic E-state index is -0.231. The topological polar surface area (TPSA) is 99.3 Å². The zero-order valence-electron chi connectivity index (χ0n) is 12.8. The van der Waals surface area contributed by atoms with Crippen LogP contribution in [0.25, 0.3) is 10.9 Å².